The zero-order valence-corrected chi connectivity index (χ0v) is 22.8. The first kappa shape index (κ1) is 28.5. The molecule has 1 atom stereocenters. The van der Waals surface area contributed by atoms with E-state index >= 15 is 0 Å². The second kappa shape index (κ2) is 12.1. The molecular formula is C31H34N2O7. The second-order valence-corrected chi connectivity index (χ2v) is 10.7. The van der Waals surface area contributed by atoms with Gasteiger partial charge in [0.25, 0.3) is 0 Å². The Kier molecular flexibility index (Phi) is 8.62. The van der Waals surface area contributed by atoms with Crippen molar-refractivity contribution < 1.29 is 34.1 Å². The van der Waals surface area contributed by atoms with Gasteiger partial charge in [0.1, 0.15) is 24.0 Å². The van der Waals surface area contributed by atoms with Gasteiger partial charge < -0.3 is 30.3 Å². The highest BCUT2D eigenvalue weighted by Crippen LogP contribution is 2.44. The number of amides is 2. The number of aliphatic carboxylic acids is 1. The lowest BCUT2D eigenvalue weighted by Crippen LogP contribution is -2.43. The van der Waals surface area contributed by atoms with Crippen molar-refractivity contribution in [3.8, 4) is 16.9 Å². The molecule has 9 heteroatoms. The van der Waals surface area contributed by atoms with Crippen molar-refractivity contribution in [3.05, 3.63) is 89.0 Å². The summed E-state index contributed by atoms with van der Waals surface area (Å²) in [6, 6.07) is 19.2. The van der Waals surface area contributed by atoms with Crippen LogP contribution in [0, 0.1) is 0 Å². The Morgan fingerprint density at radius 2 is 1.52 bits per heavy atom. The van der Waals surface area contributed by atoms with Gasteiger partial charge in [-0.05, 0) is 72.7 Å². The molecule has 3 aromatic carbocycles. The number of benzene rings is 3. The summed E-state index contributed by atoms with van der Waals surface area (Å²) in [5, 5.41) is 24.9. The van der Waals surface area contributed by atoms with Crippen LogP contribution in [0.3, 0.4) is 0 Å². The van der Waals surface area contributed by atoms with Gasteiger partial charge in [-0.25, -0.2) is 14.4 Å². The predicted octanol–water partition coefficient (Wildman–Crippen LogP) is 4.99. The number of phenolic OH excluding ortho intramolecular Hbond substituents is 1. The highest BCUT2D eigenvalue weighted by atomic mass is 16.6. The van der Waals surface area contributed by atoms with E-state index in [2.05, 4.69) is 10.6 Å². The Hall–Kier alpha value is -4.53. The number of ether oxygens (including phenoxy) is 2. The van der Waals surface area contributed by atoms with Gasteiger partial charge in [-0.1, -0.05) is 54.6 Å². The van der Waals surface area contributed by atoms with Gasteiger partial charge in [0.05, 0.1) is 0 Å². The number of carbonyl (C=O) groups excluding carboxylic acids is 2. The fraction of sp³-hybridized carbons (Fsp3) is 0.323. The standard InChI is InChI=1S/C31H34N2O7/c1-31(2,3)40-29(37)32-15-14-20-16-21(34)13-12-19(20)17-27(28(35)36)33-30(38)39-18-26-24-10-6-4-8-22(24)23-9-5-7-11-25(23)26/h4-13,16,26-27,34H,14-15,17-18H2,1-3H3,(H,32,37)(H,33,38)(H,35,36)/t27-/m0/s1. The van der Waals surface area contributed by atoms with Gasteiger partial charge in [-0.2, -0.15) is 0 Å². The minimum Gasteiger partial charge on any atom is -0.508 e. The molecule has 0 saturated heterocycles. The molecule has 0 radical (unpaired) electrons. The van der Waals surface area contributed by atoms with E-state index in [1.54, 1.807) is 26.8 Å². The second-order valence-electron chi connectivity index (χ2n) is 10.7. The average Bonchev–Trinajstić information content (AvgIpc) is 3.21. The molecule has 0 aromatic heterocycles. The van der Waals surface area contributed by atoms with Crippen LogP contribution in [-0.2, 0) is 27.1 Å². The molecule has 0 bridgehead atoms. The molecule has 0 heterocycles. The van der Waals surface area contributed by atoms with Crippen LogP contribution in [0.4, 0.5) is 9.59 Å². The highest BCUT2D eigenvalue weighted by molar-refractivity contribution is 5.81. The molecule has 9 nitrogen and oxygen atoms in total. The first-order valence-electron chi connectivity index (χ1n) is 13.1. The molecule has 4 N–H and O–H groups in total. The maximum absolute atomic E-state index is 12.7. The Labute approximate surface area is 233 Å². The number of alkyl carbamates (subject to hydrolysis) is 2. The van der Waals surface area contributed by atoms with Crippen LogP contribution in [-0.4, -0.2) is 53.2 Å². The summed E-state index contributed by atoms with van der Waals surface area (Å²) < 4.78 is 10.8. The third-order valence-corrected chi connectivity index (χ3v) is 6.61. The number of fused-ring (bicyclic) bond motifs is 3. The van der Waals surface area contributed by atoms with Gasteiger partial charge in [-0.15, -0.1) is 0 Å². The summed E-state index contributed by atoms with van der Waals surface area (Å²) in [6.07, 6.45) is -1.13. The highest BCUT2D eigenvalue weighted by Gasteiger charge is 2.30. The largest absolute Gasteiger partial charge is 0.508 e. The monoisotopic (exact) mass is 546 g/mol. The van der Waals surface area contributed by atoms with Crippen molar-refractivity contribution in [1.29, 1.82) is 0 Å². The predicted molar refractivity (Wildman–Crippen MR) is 149 cm³/mol. The Bertz CT molecular complexity index is 1350. The van der Waals surface area contributed by atoms with Crippen molar-refractivity contribution >= 4 is 18.2 Å². The molecule has 1 aliphatic rings. The van der Waals surface area contributed by atoms with Crippen LogP contribution in [0.2, 0.25) is 0 Å². The molecule has 2 amide bonds. The molecular weight excluding hydrogens is 512 g/mol. The fourth-order valence-electron chi connectivity index (χ4n) is 4.86. The summed E-state index contributed by atoms with van der Waals surface area (Å²) in [7, 11) is 0. The molecule has 0 unspecified atom stereocenters. The average molecular weight is 547 g/mol. The number of carbonyl (C=O) groups is 3. The van der Waals surface area contributed by atoms with Crippen LogP contribution in [0.25, 0.3) is 11.1 Å². The van der Waals surface area contributed by atoms with Gasteiger partial charge in [-0.3, -0.25) is 0 Å². The molecule has 0 spiro atoms. The smallest absolute Gasteiger partial charge is 0.407 e. The Morgan fingerprint density at radius 3 is 2.12 bits per heavy atom. The summed E-state index contributed by atoms with van der Waals surface area (Å²) in [6.45, 7) is 5.55. The number of aromatic hydroxyl groups is 1. The normalized spacial score (nSPS) is 13.1. The van der Waals surface area contributed by atoms with Crippen molar-refractivity contribution in [1.82, 2.24) is 10.6 Å². The zero-order chi connectivity index (χ0) is 28.9. The zero-order valence-electron chi connectivity index (χ0n) is 22.8. The topological polar surface area (TPSA) is 134 Å². The van der Waals surface area contributed by atoms with E-state index in [-0.39, 0.29) is 31.2 Å². The van der Waals surface area contributed by atoms with Gasteiger partial charge in [0, 0.05) is 18.9 Å². The van der Waals surface area contributed by atoms with Gasteiger partial charge >= 0.3 is 18.2 Å². The van der Waals surface area contributed by atoms with E-state index in [4.69, 9.17) is 9.47 Å². The maximum atomic E-state index is 12.7. The molecule has 4 rings (SSSR count). The van der Waals surface area contributed by atoms with Crippen LogP contribution < -0.4 is 10.6 Å². The number of carboxylic acids is 1. The van der Waals surface area contributed by atoms with Gasteiger partial charge in [0.15, 0.2) is 0 Å². The number of rotatable bonds is 9. The lowest BCUT2D eigenvalue weighted by Gasteiger charge is -2.20. The summed E-state index contributed by atoms with van der Waals surface area (Å²) in [5.41, 5.74) is 4.90. The van der Waals surface area contributed by atoms with Gasteiger partial charge in [0.2, 0.25) is 0 Å². The molecule has 1 aliphatic carbocycles. The van der Waals surface area contributed by atoms with E-state index < -0.39 is 29.8 Å². The van der Waals surface area contributed by atoms with Crippen molar-refractivity contribution in [3.63, 3.8) is 0 Å². The molecule has 210 valence electrons. The minimum absolute atomic E-state index is 0.00684. The Balaban J connectivity index is 1.38. The van der Waals surface area contributed by atoms with E-state index in [1.807, 2.05) is 48.5 Å². The molecule has 0 aliphatic heterocycles. The first-order chi connectivity index (χ1) is 19.0. The maximum Gasteiger partial charge on any atom is 0.407 e. The van der Waals surface area contributed by atoms with Crippen LogP contribution >= 0.6 is 0 Å². The minimum atomic E-state index is -1.27. The molecule has 0 saturated carbocycles. The summed E-state index contributed by atoms with van der Waals surface area (Å²) >= 11 is 0. The van der Waals surface area contributed by atoms with E-state index in [9.17, 15) is 24.6 Å². The van der Waals surface area contributed by atoms with Crippen molar-refractivity contribution in [2.75, 3.05) is 13.2 Å². The lowest BCUT2D eigenvalue weighted by molar-refractivity contribution is -0.139. The van der Waals surface area contributed by atoms with E-state index in [1.165, 1.54) is 12.1 Å². The van der Waals surface area contributed by atoms with Crippen LogP contribution in [0.5, 0.6) is 5.75 Å². The summed E-state index contributed by atoms with van der Waals surface area (Å²) in [5.74, 6) is -1.37. The molecule has 40 heavy (non-hydrogen) atoms. The molecule has 3 aromatic rings. The third-order valence-electron chi connectivity index (χ3n) is 6.61. The molecule has 0 fully saturated rings. The quantitative estimate of drug-likeness (QED) is 0.297. The number of nitrogens with one attached hydrogen (secondary N) is 2. The number of hydrogen-bond donors (Lipinski definition) is 4. The summed E-state index contributed by atoms with van der Waals surface area (Å²) in [4.78, 5) is 36.7. The number of hydrogen-bond acceptors (Lipinski definition) is 6. The first-order valence-corrected chi connectivity index (χ1v) is 13.1. The van der Waals surface area contributed by atoms with Crippen molar-refractivity contribution in [2.45, 2.75) is 51.2 Å². The Morgan fingerprint density at radius 1 is 0.900 bits per heavy atom. The SMILES string of the molecule is CC(C)(C)OC(=O)NCCc1cc(O)ccc1C[C@H](NC(=O)OCC1c2ccccc2-c2ccccc21)C(=O)O. The fourth-order valence-corrected chi connectivity index (χ4v) is 4.86. The third kappa shape index (κ3) is 7.11. The van der Waals surface area contributed by atoms with Crippen LogP contribution in [0.1, 0.15) is 48.9 Å². The van der Waals surface area contributed by atoms with Crippen LogP contribution in [0.15, 0.2) is 66.7 Å². The number of carboxylic acid groups (broad SMARTS) is 1. The van der Waals surface area contributed by atoms with Crippen molar-refractivity contribution in [2.24, 2.45) is 0 Å². The lowest BCUT2D eigenvalue weighted by atomic mass is 9.97. The van der Waals surface area contributed by atoms with E-state index in [0.717, 1.165) is 22.3 Å². The number of phenols is 1. The van der Waals surface area contributed by atoms with E-state index in [0.29, 0.717) is 17.5 Å².